The van der Waals surface area contributed by atoms with Crippen molar-refractivity contribution in [1.29, 1.82) is 0 Å². The molecule has 4 rings (SSSR count). The van der Waals surface area contributed by atoms with Gasteiger partial charge < -0.3 is 10.2 Å². The summed E-state index contributed by atoms with van der Waals surface area (Å²) in [4.78, 5) is 28.0. The molecule has 1 aliphatic rings. The van der Waals surface area contributed by atoms with E-state index in [-0.39, 0.29) is 11.8 Å². The van der Waals surface area contributed by atoms with E-state index in [0.29, 0.717) is 18.0 Å². The van der Waals surface area contributed by atoms with Gasteiger partial charge in [-0.2, -0.15) is 0 Å². The molecular formula is C25H24N2O2. The van der Waals surface area contributed by atoms with Crippen molar-refractivity contribution in [2.75, 3.05) is 5.32 Å². The second-order valence-electron chi connectivity index (χ2n) is 7.67. The molecule has 0 radical (unpaired) electrons. The van der Waals surface area contributed by atoms with Gasteiger partial charge in [-0.1, -0.05) is 74.5 Å². The predicted octanol–water partition coefficient (Wildman–Crippen LogP) is 5.15. The lowest BCUT2D eigenvalue weighted by atomic mass is 10.0. The zero-order valence-electron chi connectivity index (χ0n) is 16.6. The van der Waals surface area contributed by atoms with E-state index in [1.165, 1.54) is 5.56 Å². The van der Waals surface area contributed by atoms with Crippen molar-refractivity contribution < 1.29 is 9.59 Å². The van der Waals surface area contributed by atoms with Crippen molar-refractivity contribution >= 4 is 17.5 Å². The summed E-state index contributed by atoms with van der Waals surface area (Å²) >= 11 is 0. The highest BCUT2D eigenvalue weighted by molar-refractivity contribution is 6.03. The standard InChI is InChI=1S/C25H24N2O2/c1-17(2)18-12-14-21(15-13-18)26-24(28)23(19-8-4-3-5-9-19)27-16-20-10-6-7-11-22(20)25(27)29/h3-15,17,23H,16H2,1-2H3,(H,26,28)/t23-/m1/s1. The summed E-state index contributed by atoms with van der Waals surface area (Å²) in [5, 5.41) is 3.00. The number of carbonyl (C=O) groups is 2. The maximum absolute atomic E-state index is 13.3. The number of carbonyl (C=O) groups excluding carboxylic acids is 2. The second-order valence-corrected chi connectivity index (χ2v) is 7.67. The molecule has 0 aliphatic carbocycles. The molecule has 0 aromatic heterocycles. The highest BCUT2D eigenvalue weighted by Gasteiger charge is 2.37. The number of rotatable bonds is 5. The molecule has 29 heavy (non-hydrogen) atoms. The smallest absolute Gasteiger partial charge is 0.255 e. The maximum Gasteiger partial charge on any atom is 0.255 e. The lowest BCUT2D eigenvalue weighted by molar-refractivity contribution is -0.120. The third-order valence-corrected chi connectivity index (χ3v) is 5.37. The van der Waals surface area contributed by atoms with Gasteiger partial charge >= 0.3 is 0 Å². The fourth-order valence-electron chi connectivity index (χ4n) is 3.76. The van der Waals surface area contributed by atoms with Crippen molar-refractivity contribution in [2.45, 2.75) is 32.4 Å². The van der Waals surface area contributed by atoms with Crippen LogP contribution >= 0.6 is 0 Å². The maximum atomic E-state index is 13.3. The molecule has 0 saturated carbocycles. The van der Waals surface area contributed by atoms with Gasteiger partial charge in [0.05, 0.1) is 0 Å². The Bertz CT molecular complexity index is 1030. The van der Waals surface area contributed by atoms with Crippen LogP contribution in [-0.4, -0.2) is 16.7 Å². The van der Waals surface area contributed by atoms with E-state index in [1.54, 1.807) is 4.90 Å². The lowest BCUT2D eigenvalue weighted by Crippen LogP contribution is -2.37. The van der Waals surface area contributed by atoms with Gasteiger partial charge in [0.2, 0.25) is 0 Å². The molecule has 0 bridgehead atoms. The van der Waals surface area contributed by atoms with Gasteiger partial charge in [-0.25, -0.2) is 0 Å². The number of benzene rings is 3. The van der Waals surface area contributed by atoms with Gasteiger partial charge in [0.15, 0.2) is 0 Å². The first-order valence-corrected chi connectivity index (χ1v) is 9.89. The van der Waals surface area contributed by atoms with Crippen LogP contribution in [0, 0.1) is 0 Å². The van der Waals surface area contributed by atoms with Gasteiger partial charge in [-0.15, -0.1) is 0 Å². The topological polar surface area (TPSA) is 49.4 Å². The summed E-state index contributed by atoms with van der Waals surface area (Å²) in [7, 11) is 0. The van der Waals surface area contributed by atoms with Crippen LogP contribution < -0.4 is 5.32 Å². The van der Waals surface area contributed by atoms with E-state index >= 15 is 0 Å². The summed E-state index contributed by atoms with van der Waals surface area (Å²) in [5.74, 6) is 0.104. The van der Waals surface area contributed by atoms with E-state index in [0.717, 1.165) is 16.8 Å². The zero-order chi connectivity index (χ0) is 20.4. The van der Waals surface area contributed by atoms with Gasteiger partial charge in [0.1, 0.15) is 6.04 Å². The van der Waals surface area contributed by atoms with Crippen LogP contribution in [0.25, 0.3) is 0 Å². The van der Waals surface area contributed by atoms with Crippen LogP contribution in [0.4, 0.5) is 5.69 Å². The largest absolute Gasteiger partial charge is 0.324 e. The molecule has 4 heteroatoms. The van der Waals surface area contributed by atoms with Crippen LogP contribution in [0.2, 0.25) is 0 Å². The Morgan fingerprint density at radius 1 is 0.862 bits per heavy atom. The average molecular weight is 384 g/mol. The van der Waals surface area contributed by atoms with E-state index < -0.39 is 6.04 Å². The Morgan fingerprint density at radius 2 is 1.52 bits per heavy atom. The summed E-state index contributed by atoms with van der Waals surface area (Å²) in [6, 6.07) is 24.2. The lowest BCUT2D eigenvalue weighted by Gasteiger charge is -2.27. The number of nitrogens with zero attached hydrogens (tertiary/aromatic N) is 1. The first kappa shape index (κ1) is 18.9. The fraction of sp³-hybridized carbons (Fsp3) is 0.200. The van der Waals surface area contributed by atoms with Crippen LogP contribution in [0.3, 0.4) is 0 Å². The monoisotopic (exact) mass is 384 g/mol. The van der Waals surface area contributed by atoms with E-state index in [4.69, 9.17) is 0 Å². The SMILES string of the molecule is CC(C)c1ccc(NC(=O)[C@@H](c2ccccc2)N2Cc3ccccc3C2=O)cc1. The van der Waals surface area contributed by atoms with Crippen molar-refractivity contribution in [1.82, 2.24) is 4.90 Å². The normalized spacial score (nSPS) is 14.0. The Kier molecular flexibility index (Phi) is 5.17. The quantitative estimate of drug-likeness (QED) is 0.662. The number of nitrogens with one attached hydrogen (secondary N) is 1. The molecule has 1 N–H and O–H groups in total. The fourth-order valence-corrected chi connectivity index (χ4v) is 3.76. The first-order chi connectivity index (χ1) is 14.0. The number of hydrogen-bond donors (Lipinski definition) is 1. The summed E-state index contributed by atoms with van der Waals surface area (Å²) < 4.78 is 0. The summed E-state index contributed by atoms with van der Waals surface area (Å²) in [6.07, 6.45) is 0. The van der Waals surface area contributed by atoms with E-state index in [2.05, 4.69) is 19.2 Å². The molecule has 0 unspecified atom stereocenters. The highest BCUT2D eigenvalue weighted by atomic mass is 16.2. The average Bonchev–Trinajstić information content (AvgIpc) is 3.06. The second kappa shape index (κ2) is 7.92. The minimum atomic E-state index is -0.694. The Balaban J connectivity index is 1.63. The van der Waals surface area contributed by atoms with Crippen molar-refractivity contribution in [3.8, 4) is 0 Å². The molecule has 146 valence electrons. The van der Waals surface area contributed by atoms with E-state index in [9.17, 15) is 9.59 Å². The number of anilines is 1. The van der Waals surface area contributed by atoms with Crippen LogP contribution in [-0.2, 0) is 11.3 Å². The third-order valence-electron chi connectivity index (χ3n) is 5.37. The molecule has 0 fully saturated rings. The van der Waals surface area contributed by atoms with Gasteiger partial charge in [0, 0.05) is 17.8 Å². The predicted molar refractivity (Wildman–Crippen MR) is 115 cm³/mol. The van der Waals surface area contributed by atoms with Gasteiger partial charge in [0.25, 0.3) is 11.8 Å². The summed E-state index contributed by atoms with van der Waals surface area (Å²) in [5.41, 5.74) is 4.36. The van der Waals surface area contributed by atoms with Crippen LogP contribution in [0.1, 0.15) is 52.9 Å². The highest BCUT2D eigenvalue weighted by Crippen LogP contribution is 2.32. The van der Waals surface area contributed by atoms with Gasteiger partial charge in [-0.05, 0) is 40.8 Å². The number of amides is 2. The molecule has 3 aromatic carbocycles. The Labute approximate surface area is 171 Å². The minimum Gasteiger partial charge on any atom is -0.324 e. The third kappa shape index (κ3) is 3.79. The van der Waals surface area contributed by atoms with Crippen molar-refractivity contribution in [2.24, 2.45) is 0 Å². The number of hydrogen-bond acceptors (Lipinski definition) is 2. The molecule has 1 heterocycles. The first-order valence-electron chi connectivity index (χ1n) is 9.89. The molecule has 3 aromatic rings. The van der Waals surface area contributed by atoms with Crippen molar-refractivity contribution in [3.05, 3.63) is 101 Å². The van der Waals surface area contributed by atoms with Crippen LogP contribution in [0.15, 0.2) is 78.9 Å². The molecule has 0 spiro atoms. The Hall–Kier alpha value is -3.40. The minimum absolute atomic E-state index is 0.111. The number of fused-ring (bicyclic) bond motifs is 1. The zero-order valence-corrected chi connectivity index (χ0v) is 16.6. The summed E-state index contributed by atoms with van der Waals surface area (Å²) in [6.45, 7) is 4.69. The van der Waals surface area contributed by atoms with Gasteiger partial charge in [-0.3, -0.25) is 9.59 Å². The van der Waals surface area contributed by atoms with E-state index in [1.807, 2.05) is 78.9 Å². The molecular weight excluding hydrogens is 360 g/mol. The molecule has 2 amide bonds. The van der Waals surface area contributed by atoms with Crippen LogP contribution in [0.5, 0.6) is 0 Å². The molecule has 4 nitrogen and oxygen atoms in total. The Morgan fingerprint density at radius 3 is 2.17 bits per heavy atom. The van der Waals surface area contributed by atoms with Crippen molar-refractivity contribution in [3.63, 3.8) is 0 Å². The molecule has 0 saturated heterocycles. The molecule has 1 atom stereocenters. The molecule has 1 aliphatic heterocycles.